The molecule has 4 rings (SSSR count). The molecule has 1 unspecified atom stereocenters. The SMILES string of the molecule is O=C(NC1CC1)C(Nc1ccc(Oc2ncc(Cl)cc2Cl)cc1)c1ccc(F)cc1. The van der Waals surface area contributed by atoms with Crippen LogP contribution < -0.4 is 15.4 Å². The molecule has 0 spiro atoms. The van der Waals surface area contributed by atoms with Crippen molar-refractivity contribution in [2.45, 2.75) is 24.9 Å². The molecule has 1 heterocycles. The van der Waals surface area contributed by atoms with E-state index in [0.29, 0.717) is 27.0 Å². The van der Waals surface area contributed by atoms with Crippen LogP contribution in [0.15, 0.2) is 60.8 Å². The van der Waals surface area contributed by atoms with Gasteiger partial charge in [0.25, 0.3) is 0 Å². The summed E-state index contributed by atoms with van der Waals surface area (Å²) in [6.45, 7) is 0. The third-order valence-electron chi connectivity index (χ3n) is 4.54. The average molecular weight is 446 g/mol. The van der Waals surface area contributed by atoms with E-state index < -0.39 is 6.04 Å². The van der Waals surface area contributed by atoms with Gasteiger partial charge in [-0.05, 0) is 60.9 Å². The summed E-state index contributed by atoms with van der Waals surface area (Å²) < 4.78 is 19.0. The van der Waals surface area contributed by atoms with E-state index in [0.717, 1.165) is 12.8 Å². The van der Waals surface area contributed by atoms with Crippen molar-refractivity contribution in [3.63, 3.8) is 0 Å². The highest BCUT2D eigenvalue weighted by atomic mass is 35.5. The molecular weight excluding hydrogens is 428 g/mol. The fourth-order valence-electron chi connectivity index (χ4n) is 2.84. The molecule has 3 aromatic rings. The number of pyridine rings is 1. The Labute approximate surface area is 183 Å². The van der Waals surface area contributed by atoms with E-state index >= 15 is 0 Å². The van der Waals surface area contributed by atoms with Crippen LogP contribution in [0, 0.1) is 5.82 Å². The Morgan fingerprint density at radius 3 is 2.43 bits per heavy atom. The van der Waals surface area contributed by atoms with Crippen LogP contribution in [0.3, 0.4) is 0 Å². The highest BCUT2D eigenvalue weighted by molar-refractivity contribution is 6.35. The third-order valence-corrected chi connectivity index (χ3v) is 5.02. The number of hydrogen-bond donors (Lipinski definition) is 2. The molecule has 154 valence electrons. The van der Waals surface area contributed by atoms with Crippen molar-refractivity contribution < 1.29 is 13.9 Å². The predicted octanol–water partition coefficient (Wildman–Crippen LogP) is 5.75. The molecule has 0 bridgehead atoms. The van der Waals surface area contributed by atoms with E-state index in [2.05, 4.69) is 15.6 Å². The smallest absolute Gasteiger partial charge is 0.247 e. The standard InChI is InChI=1S/C22H18Cl2FN3O2/c23-14-11-19(24)22(26-12-14)30-18-9-7-16(8-10-18)27-20(21(29)28-17-5-6-17)13-1-3-15(25)4-2-13/h1-4,7-12,17,20,27H,5-6H2,(H,28,29). The maximum absolute atomic E-state index is 13.3. The number of amides is 1. The lowest BCUT2D eigenvalue weighted by atomic mass is 10.1. The summed E-state index contributed by atoms with van der Waals surface area (Å²) in [5.41, 5.74) is 1.38. The van der Waals surface area contributed by atoms with Crippen LogP contribution >= 0.6 is 23.2 Å². The van der Waals surface area contributed by atoms with Crippen molar-refractivity contribution in [1.82, 2.24) is 10.3 Å². The minimum absolute atomic E-state index is 0.151. The van der Waals surface area contributed by atoms with E-state index in [4.69, 9.17) is 27.9 Å². The van der Waals surface area contributed by atoms with Gasteiger partial charge in [0.2, 0.25) is 11.8 Å². The van der Waals surface area contributed by atoms with Crippen molar-refractivity contribution in [1.29, 1.82) is 0 Å². The van der Waals surface area contributed by atoms with Gasteiger partial charge in [-0.2, -0.15) is 0 Å². The molecule has 1 aliphatic carbocycles. The normalized spacial score (nSPS) is 14.1. The van der Waals surface area contributed by atoms with Crippen LogP contribution in [0.5, 0.6) is 11.6 Å². The lowest BCUT2D eigenvalue weighted by Gasteiger charge is -2.20. The van der Waals surface area contributed by atoms with E-state index in [9.17, 15) is 9.18 Å². The van der Waals surface area contributed by atoms with Crippen LogP contribution in [0.2, 0.25) is 10.0 Å². The van der Waals surface area contributed by atoms with Gasteiger partial charge in [-0.1, -0.05) is 35.3 Å². The molecule has 0 saturated heterocycles. The van der Waals surface area contributed by atoms with Gasteiger partial charge < -0.3 is 15.4 Å². The number of ether oxygens (including phenoxy) is 1. The van der Waals surface area contributed by atoms with E-state index in [1.165, 1.54) is 18.3 Å². The first-order valence-corrected chi connectivity index (χ1v) is 10.1. The van der Waals surface area contributed by atoms with Crippen molar-refractivity contribution in [3.8, 4) is 11.6 Å². The molecule has 1 atom stereocenters. The quantitative estimate of drug-likeness (QED) is 0.485. The lowest BCUT2D eigenvalue weighted by molar-refractivity contribution is -0.122. The van der Waals surface area contributed by atoms with Crippen LogP contribution in [0.1, 0.15) is 24.4 Å². The number of nitrogens with zero attached hydrogens (tertiary/aromatic N) is 1. The van der Waals surface area contributed by atoms with Gasteiger partial charge in [0, 0.05) is 17.9 Å². The maximum atomic E-state index is 13.3. The summed E-state index contributed by atoms with van der Waals surface area (Å²) in [5, 5.41) is 6.92. The number of halogens is 3. The molecule has 1 saturated carbocycles. The summed E-state index contributed by atoms with van der Waals surface area (Å²) in [7, 11) is 0. The Kier molecular flexibility index (Phi) is 6.06. The summed E-state index contributed by atoms with van der Waals surface area (Å²) >= 11 is 11.9. The lowest BCUT2D eigenvalue weighted by Crippen LogP contribution is -2.34. The van der Waals surface area contributed by atoms with Gasteiger partial charge in [-0.15, -0.1) is 0 Å². The van der Waals surface area contributed by atoms with Gasteiger partial charge in [-0.25, -0.2) is 9.37 Å². The minimum atomic E-state index is -0.648. The predicted molar refractivity (Wildman–Crippen MR) is 115 cm³/mol. The van der Waals surface area contributed by atoms with Crippen molar-refractivity contribution in [2.24, 2.45) is 0 Å². The van der Waals surface area contributed by atoms with Gasteiger partial charge in [0.05, 0.1) is 5.02 Å². The Hall–Kier alpha value is -2.83. The molecule has 0 radical (unpaired) electrons. The van der Waals surface area contributed by atoms with Crippen LogP contribution in [0.4, 0.5) is 10.1 Å². The summed E-state index contributed by atoms with van der Waals surface area (Å²) in [6.07, 6.45) is 3.41. The minimum Gasteiger partial charge on any atom is -0.438 e. The van der Waals surface area contributed by atoms with Gasteiger partial charge in [0.15, 0.2) is 0 Å². The molecule has 1 amide bonds. The Morgan fingerprint density at radius 1 is 1.10 bits per heavy atom. The monoisotopic (exact) mass is 445 g/mol. The number of aromatic nitrogens is 1. The first-order valence-electron chi connectivity index (χ1n) is 9.39. The van der Waals surface area contributed by atoms with E-state index in [-0.39, 0.29) is 23.6 Å². The summed E-state index contributed by atoms with van der Waals surface area (Å²) in [5.74, 6) is 0.269. The number of rotatable bonds is 7. The van der Waals surface area contributed by atoms with Crippen LogP contribution in [-0.2, 0) is 4.79 Å². The second-order valence-electron chi connectivity index (χ2n) is 6.98. The zero-order valence-electron chi connectivity index (χ0n) is 15.7. The topological polar surface area (TPSA) is 63.2 Å². The van der Waals surface area contributed by atoms with Crippen molar-refractivity contribution in [3.05, 3.63) is 82.2 Å². The first-order chi connectivity index (χ1) is 14.5. The molecule has 0 aliphatic heterocycles. The van der Waals surface area contributed by atoms with Crippen molar-refractivity contribution >= 4 is 34.8 Å². The fourth-order valence-corrected chi connectivity index (χ4v) is 3.26. The Bertz CT molecular complexity index is 1040. The molecule has 1 aromatic heterocycles. The molecular formula is C22H18Cl2FN3O2. The second-order valence-corrected chi connectivity index (χ2v) is 7.82. The second kappa shape index (κ2) is 8.90. The summed E-state index contributed by atoms with van der Waals surface area (Å²) in [6, 6.07) is 14.0. The fraction of sp³-hybridized carbons (Fsp3) is 0.182. The van der Waals surface area contributed by atoms with Crippen molar-refractivity contribution in [2.75, 3.05) is 5.32 Å². The zero-order valence-corrected chi connectivity index (χ0v) is 17.3. The van der Waals surface area contributed by atoms with Crippen LogP contribution in [0.25, 0.3) is 0 Å². The van der Waals surface area contributed by atoms with E-state index in [1.807, 2.05) is 0 Å². The highest BCUT2D eigenvalue weighted by Crippen LogP contribution is 2.30. The first kappa shape index (κ1) is 20.4. The number of carbonyl (C=O) groups excluding carboxylic acids is 1. The van der Waals surface area contributed by atoms with Gasteiger partial charge in [-0.3, -0.25) is 4.79 Å². The van der Waals surface area contributed by atoms with Crippen LogP contribution in [-0.4, -0.2) is 16.9 Å². The number of hydrogen-bond acceptors (Lipinski definition) is 4. The number of benzene rings is 2. The third kappa shape index (κ3) is 5.20. The molecule has 2 aromatic carbocycles. The molecule has 5 nitrogen and oxygen atoms in total. The summed E-state index contributed by atoms with van der Waals surface area (Å²) in [4.78, 5) is 16.8. The molecule has 30 heavy (non-hydrogen) atoms. The average Bonchev–Trinajstić information content (AvgIpc) is 3.54. The zero-order chi connectivity index (χ0) is 21.1. The molecule has 1 fully saturated rings. The Balaban J connectivity index is 1.49. The largest absolute Gasteiger partial charge is 0.438 e. The van der Waals surface area contributed by atoms with Gasteiger partial charge in [0.1, 0.15) is 22.6 Å². The molecule has 8 heteroatoms. The highest BCUT2D eigenvalue weighted by Gasteiger charge is 2.28. The number of anilines is 1. The number of carbonyl (C=O) groups is 1. The Morgan fingerprint density at radius 2 is 1.80 bits per heavy atom. The maximum Gasteiger partial charge on any atom is 0.247 e. The number of nitrogens with one attached hydrogen (secondary N) is 2. The molecule has 2 N–H and O–H groups in total. The van der Waals surface area contributed by atoms with Gasteiger partial charge >= 0.3 is 0 Å². The van der Waals surface area contributed by atoms with E-state index in [1.54, 1.807) is 42.5 Å². The molecule has 1 aliphatic rings.